The van der Waals surface area contributed by atoms with Crippen LogP contribution in [-0.4, -0.2) is 6.61 Å². The van der Waals surface area contributed by atoms with Gasteiger partial charge < -0.3 is 4.74 Å². The number of rotatable bonds is 2. The van der Waals surface area contributed by atoms with Gasteiger partial charge in [0.05, 0.1) is 11.6 Å². The summed E-state index contributed by atoms with van der Waals surface area (Å²) in [5.41, 5.74) is 0. The van der Waals surface area contributed by atoms with Crippen LogP contribution >= 0.6 is 11.6 Å². The van der Waals surface area contributed by atoms with Crippen molar-refractivity contribution in [1.82, 2.24) is 0 Å². The molecule has 0 aliphatic rings. The molecule has 0 unspecified atom stereocenters. The molecule has 72 valence electrons. The first kappa shape index (κ1) is 9.35. The summed E-state index contributed by atoms with van der Waals surface area (Å²) >= 11 is 6.20. The van der Waals surface area contributed by atoms with Gasteiger partial charge in [-0.05, 0) is 18.4 Å². The molecule has 0 fully saturated rings. The summed E-state index contributed by atoms with van der Waals surface area (Å²) in [4.78, 5) is 0. The molecule has 0 heterocycles. The third-order valence-electron chi connectivity index (χ3n) is 2.13. The maximum atomic E-state index is 6.20. The molecule has 0 aliphatic carbocycles. The molecule has 0 aromatic heterocycles. The number of hydrogen-bond acceptors (Lipinski definition) is 1. The van der Waals surface area contributed by atoms with Gasteiger partial charge in [-0.2, -0.15) is 0 Å². The first-order chi connectivity index (χ1) is 6.83. The van der Waals surface area contributed by atoms with Gasteiger partial charge in [-0.3, -0.25) is 0 Å². The lowest BCUT2D eigenvalue weighted by Gasteiger charge is -2.07. The van der Waals surface area contributed by atoms with E-state index < -0.39 is 0 Å². The van der Waals surface area contributed by atoms with Gasteiger partial charge in [0.2, 0.25) is 0 Å². The summed E-state index contributed by atoms with van der Waals surface area (Å²) in [6.07, 6.45) is 0. The minimum atomic E-state index is 0.637. The summed E-state index contributed by atoms with van der Waals surface area (Å²) < 4.78 is 5.41. The lowest BCUT2D eigenvalue weighted by atomic mass is 10.1. The normalized spacial score (nSPS) is 10.4. The van der Waals surface area contributed by atoms with Crippen molar-refractivity contribution in [2.75, 3.05) is 6.61 Å². The zero-order valence-corrected chi connectivity index (χ0v) is 8.71. The quantitative estimate of drug-likeness (QED) is 0.725. The topological polar surface area (TPSA) is 9.23 Å². The van der Waals surface area contributed by atoms with Crippen molar-refractivity contribution in [3.05, 3.63) is 41.4 Å². The SMILES string of the molecule is CCOc1ccc2ccccc2c1Cl. The fraction of sp³-hybridized carbons (Fsp3) is 0.167. The molecule has 2 aromatic carbocycles. The molecule has 0 saturated carbocycles. The van der Waals surface area contributed by atoms with Crippen molar-refractivity contribution in [3.8, 4) is 5.75 Å². The second-order valence-corrected chi connectivity index (χ2v) is 3.41. The van der Waals surface area contributed by atoms with Crippen molar-refractivity contribution >= 4 is 22.4 Å². The van der Waals surface area contributed by atoms with Crippen molar-refractivity contribution in [1.29, 1.82) is 0 Å². The molecular weight excluding hydrogens is 196 g/mol. The highest BCUT2D eigenvalue weighted by Crippen LogP contribution is 2.32. The molecule has 0 saturated heterocycles. The second-order valence-electron chi connectivity index (χ2n) is 3.03. The van der Waals surface area contributed by atoms with E-state index >= 15 is 0 Å². The van der Waals surface area contributed by atoms with Crippen LogP contribution in [-0.2, 0) is 0 Å². The summed E-state index contributed by atoms with van der Waals surface area (Å²) in [6, 6.07) is 11.9. The van der Waals surface area contributed by atoms with E-state index in [1.807, 2.05) is 43.3 Å². The Morgan fingerprint density at radius 1 is 1.14 bits per heavy atom. The largest absolute Gasteiger partial charge is 0.492 e. The summed E-state index contributed by atoms with van der Waals surface area (Å²) in [5.74, 6) is 0.757. The van der Waals surface area contributed by atoms with Gasteiger partial charge in [0.15, 0.2) is 0 Å². The zero-order chi connectivity index (χ0) is 9.97. The van der Waals surface area contributed by atoms with Crippen LogP contribution in [0.2, 0.25) is 5.02 Å². The first-order valence-corrected chi connectivity index (χ1v) is 5.00. The highest BCUT2D eigenvalue weighted by atomic mass is 35.5. The van der Waals surface area contributed by atoms with Gasteiger partial charge >= 0.3 is 0 Å². The minimum absolute atomic E-state index is 0.637. The van der Waals surface area contributed by atoms with Gasteiger partial charge in [0.1, 0.15) is 5.75 Å². The number of fused-ring (bicyclic) bond motifs is 1. The Hall–Kier alpha value is -1.21. The van der Waals surface area contributed by atoms with Crippen LogP contribution in [0, 0.1) is 0 Å². The highest BCUT2D eigenvalue weighted by molar-refractivity contribution is 6.37. The van der Waals surface area contributed by atoms with Crippen molar-refractivity contribution in [2.24, 2.45) is 0 Å². The van der Waals surface area contributed by atoms with E-state index in [1.165, 1.54) is 0 Å². The molecular formula is C12H11ClO. The van der Waals surface area contributed by atoms with E-state index in [9.17, 15) is 0 Å². The molecule has 0 N–H and O–H groups in total. The lowest BCUT2D eigenvalue weighted by molar-refractivity contribution is 0.341. The molecule has 1 nitrogen and oxygen atoms in total. The number of ether oxygens (including phenoxy) is 1. The third-order valence-corrected chi connectivity index (χ3v) is 2.52. The number of hydrogen-bond donors (Lipinski definition) is 0. The molecule has 0 aliphatic heterocycles. The summed E-state index contributed by atoms with van der Waals surface area (Å²) in [5, 5.41) is 2.88. The maximum Gasteiger partial charge on any atom is 0.138 e. The van der Waals surface area contributed by atoms with Gasteiger partial charge in [0, 0.05) is 5.39 Å². The monoisotopic (exact) mass is 206 g/mol. The molecule has 0 radical (unpaired) electrons. The Labute approximate surface area is 88.3 Å². The first-order valence-electron chi connectivity index (χ1n) is 4.63. The van der Waals surface area contributed by atoms with Crippen molar-refractivity contribution in [2.45, 2.75) is 6.92 Å². The second kappa shape index (κ2) is 3.89. The summed E-state index contributed by atoms with van der Waals surface area (Å²) in [7, 11) is 0. The van der Waals surface area contributed by atoms with Gasteiger partial charge in [-0.15, -0.1) is 0 Å². The van der Waals surface area contributed by atoms with Crippen molar-refractivity contribution < 1.29 is 4.74 Å². The maximum absolute atomic E-state index is 6.20. The molecule has 14 heavy (non-hydrogen) atoms. The molecule has 2 heteroatoms. The average molecular weight is 207 g/mol. The van der Waals surface area contributed by atoms with Gasteiger partial charge in [0.25, 0.3) is 0 Å². The fourth-order valence-corrected chi connectivity index (χ4v) is 1.77. The lowest BCUT2D eigenvalue weighted by Crippen LogP contribution is -1.92. The third kappa shape index (κ3) is 1.55. The van der Waals surface area contributed by atoms with Crippen LogP contribution in [0.25, 0.3) is 10.8 Å². The standard InChI is InChI=1S/C12H11ClO/c1-2-14-11-8-7-9-5-3-4-6-10(9)12(11)13/h3-8H,2H2,1H3. The Balaban J connectivity index is 2.63. The predicted molar refractivity (Wildman–Crippen MR) is 60.1 cm³/mol. The zero-order valence-electron chi connectivity index (χ0n) is 7.96. The van der Waals surface area contributed by atoms with Crippen LogP contribution in [0.5, 0.6) is 5.75 Å². The molecule has 0 spiro atoms. The van der Waals surface area contributed by atoms with E-state index in [0.717, 1.165) is 16.5 Å². The van der Waals surface area contributed by atoms with Crippen molar-refractivity contribution in [3.63, 3.8) is 0 Å². The smallest absolute Gasteiger partial charge is 0.138 e. The van der Waals surface area contributed by atoms with E-state index in [4.69, 9.17) is 16.3 Å². The molecule has 0 amide bonds. The minimum Gasteiger partial charge on any atom is -0.492 e. The van der Waals surface area contributed by atoms with Gasteiger partial charge in [-0.1, -0.05) is 41.9 Å². The van der Waals surface area contributed by atoms with Gasteiger partial charge in [-0.25, -0.2) is 0 Å². The van der Waals surface area contributed by atoms with Crippen LogP contribution in [0.15, 0.2) is 36.4 Å². The van der Waals surface area contributed by atoms with Crippen LogP contribution in [0.1, 0.15) is 6.92 Å². The number of benzene rings is 2. The van der Waals surface area contributed by atoms with E-state index in [2.05, 4.69) is 0 Å². The predicted octanol–water partition coefficient (Wildman–Crippen LogP) is 3.89. The van der Waals surface area contributed by atoms with Crippen LogP contribution < -0.4 is 4.74 Å². The Morgan fingerprint density at radius 2 is 1.93 bits per heavy atom. The number of halogens is 1. The Kier molecular flexibility index (Phi) is 2.60. The van der Waals surface area contributed by atoms with E-state index in [-0.39, 0.29) is 0 Å². The highest BCUT2D eigenvalue weighted by Gasteiger charge is 2.04. The van der Waals surface area contributed by atoms with Crippen LogP contribution in [0.4, 0.5) is 0 Å². The Morgan fingerprint density at radius 3 is 2.71 bits per heavy atom. The Bertz CT molecular complexity index is 451. The molecule has 2 rings (SSSR count). The fourth-order valence-electron chi connectivity index (χ4n) is 1.48. The van der Waals surface area contributed by atoms with E-state index in [0.29, 0.717) is 11.6 Å². The molecule has 2 aromatic rings. The van der Waals surface area contributed by atoms with Crippen LogP contribution in [0.3, 0.4) is 0 Å². The molecule has 0 atom stereocenters. The summed E-state index contributed by atoms with van der Waals surface area (Å²) in [6.45, 7) is 2.59. The van der Waals surface area contributed by atoms with E-state index in [1.54, 1.807) is 0 Å². The average Bonchev–Trinajstić information content (AvgIpc) is 2.23. The molecule has 0 bridgehead atoms.